The summed E-state index contributed by atoms with van der Waals surface area (Å²) in [6.07, 6.45) is 0.361. The van der Waals surface area contributed by atoms with Gasteiger partial charge in [-0.2, -0.15) is 0 Å². The number of ether oxygens (including phenoxy) is 1. The summed E-state index contributed by atoms with van der Waals surface area (Å²) in [7, 11) is 0. The topological polar surface area (TPSA) is 126 Å². The van der Waals surface area contributed by atoms with E-state index in [0.717, 1.165) is 0 Å². The van der Waals surface area contributed by atoms with Crippen LogP contribution in [0.25, 0.3) is 22.6 Å². The molecule has 3 N–H and O–H groups in total. The first-order valence-corrected chi connectivity index (χ1v) is 7.42. The summed E-state index contributed by atoms with van der Waals surface area (Å²) >= 11 is 0. The number of fused-ring (bicyclic) bond motifs is 1. The molecule has 1 fully saturated rings. The van der Waals surface area contributed by atoms with E-state index in [0.29, 0.717) is 22.6 Å². The Morgan fingerprint density at radius 2 is 1.96 bits per heavy atom. The lowest BCUT2D eigenvalue weighted by atomic mass is 10.1. The molecule has 3 aromatic rings. The van der Waals surface area contributed by atoms with Crippen molar-refractivity contribution in [3.63, 3.8) is 0 Å². The summed E-state index contributed by atoms with van der Waals surface area (Å²) in [5, 5.41) is 29.3. The van der Waals surface area contributed by atoms with Crippen molar-refractivity contribution in [2.75, 3.05) is 6.61 Å². The highest BCUT2D eigenvalue weighted by molar-refractivity contribution is 5.85. The molecule has 3 aromatic heterocycles. The first-order chi connectivity index (χ1) is 11.7. The van der Waals surface area contributed by atoms with E-state index in [1.165, 1.54) is 17.2 Å². The van der Waals surface area contributed by atoms with Gasteiger partial charge in [0, 0.05) is 6.20 Å². The van der Waals surface area contributed by atoms with Crippen LogP contribution in [0.15, 0.2) is 37.1 Å². The fraction of sp³-hybridized carbons (Fsp3) is 0.333. The molecule has 9 nitrogen and oxygen atoms in total. The van der Waals surface area contributed by atoms with Crippen LogP contribution >= 0.6 is 0 Å². The van der Waals surface area contributed by atoms with Crippen LogP contribution in [0.2, 0.25) is 0 Å². The molecule has 0 spiro atoms. The van der Waals surface area contributed by atoms with Gasteiger partial charge in [0.1, 0.15) is 35.8 Å². The van der Waals surface area contributed by atoms with Gasteiger partial charge in [-0.05, 0) is 12.1 Å². The average molecular weight is 329 g/mol. The van der Waals surface area contributed by atoms with Crippen molar-refractivity contribution in [3.8, 4) is 11.4 Å². The molecule has 4 atom stereocenters. The van der Waals surface area contributed by atoms with Crippen LogP contribution in [0, 0.1) is 0 Å². The Balaban J connectivity index is 1.80. The molecule has 0 aliphatic carbocycles. The van der Waals surface area contributed by atoms with Crippen LogP contribution in [0.3, 0.4) is 0 Å². The van der Waals surface area contributed by atoms with Crippen LogP contribution in [-0.4, -0.2) is 64.7 Å². The molecule has 1 saturated heterocycles. The highest BCUT2D eigenvalue weighted by Crippen LogP contribution is 2.32. The van der Waals surface area contributed by atoms with Crippen LogP contribution < -0.4 is 0 Å². The lowest BCUT2D eigenvalue weighted by Gasteiger charge is -2.16. The molecule has 1 aliphatic rings. The van der Waals surface area contributed by atoms with Crippen molar-refractivity contribution in [1.82, 2.24) is 24.5 Å². The van der Waals surface area contributed by atoms with Gasteiger partial charge in [0.25, 0.3) is 0 Å². The van der Waals surface area contributed by atoms with Crippen molar-refractivity contribution in [2.45, 2.75) is 24.5 Å². The fourth-order valence-corrected chi connectivity index (χ4v) is 2.84. The van der Waals surface area contributed by atoms with E-state index in [2.05, 4.69) is 19.9 Å². The first-order valence-electron chi connectivity index (χ1n) is 7.42. The molecule has 4 rings (SSSR count). The zero-order chi connectivity index (χ0) is 16.7. The van der Waals surface area contributed by atoms with E-state index in [1.807, 2.05) is 12.1 Å². The minimum Gasteiger partial charge on any atom is -0.394 e. The first kappa shape index (κ1) is 15.1. The lowest BCUT2D eigenvalue weighted by molar-refractivity contribution is -0.0511. The molecule has 0 bridgehead atoms. The smallest absolute Gasteiger partial charge is 0.166 e. The molecule has 0 amide bonds. The minimum absolute atomic E-state index is 0.393. The second-order valence-electron chi connectivity index (χ2n) is 5.49. The average Bonchev–Trinajstić information content (AvgIpc) is 3.17. The molecule has 0 saturated carbocycles. The minimum atomic E-state index is -1.20. The van der Waals surface area contributed by atoms with Crippen molar-refractivity contribution in [3.05, 3.63) is 37.1 Å². The molecular formula is C15H15N5O4. The number of aliphatic hydroxyl groups excluding tert-OH is 3. The van der Waals surface area contributed by atoms with E-state index in [4.69, 9.17) is 4.74 Å². The highest BCUT2D eigenvalue weighted by Gasteiger charge is 2.44. The van der Waals surface area contributed by atoms with E-state index < -0.39 is 31.1 Å². The predicted molar refractivity (Wildman–Crippen MR) is 81.6 cm³/mol. The number of hydrogen-bond donors (Lipinski definition) is 3. The second kappa shape index (κ2) is 5.87. The van der Waals surface area contributed by atoms with Crippen LogP contribution in [0.1, 0.15) is 6.23 Å². The maximum atomic E-state index is 10.2. The third-order valence-electron chi connectivity index (χ3n) is 4.06. The van der Waals surface area contributed by atoms with Crippen LogP contribution in [0.5, 0.6) is 0 Å². The Morgan fingerprint density at radius 1 is 1.08 bits per heavy atom. The van der Waals surface area contributed by atoms with E-state index in [9.17, 15) is 15.3 Å². The number of rotatable bonds is 3. The molecule has 24 heavy (non-hydrogen) atoms. The maximum Gasteiger partial charge on any atom is 0.166 e. The highest BCUT2D eigenvalue weighted by atomic mass is 16.6. The van der Waals surface area contributed by atoms with Crippen molar-refractivity contribution >= 4 is 11.2 Å². The Kier molecular flexibility index (Phi) is 3.69. The third kappa shape index (κ3) is 2.26. The Bertz CT molecular complexity index is 855. The molecular weight excluding hydrogens is 314 g/mol. The van der Waals surface area contributed by atoms with Gasteiger partial charge in [-0.1, -0.05) is 6.07 Å². The van der Waals surface area contributed by atoms with Gasteiger partial charge in [-0.3, -0.25) is 9.55 Å². The monoisotopic (exact) mass is 329 g/mol. The van der Waals surface area contributed by atoms with Crippen molar-refractivity contribution < 1.29 is 20.1 Å². The van der Waals surface area contributed by atoms with E-state index >= 15 is 0 Å². The molecule has 124 valence electrons. The maximum absolute atomic E-state index is 10.2. The molecule has 0 radical (unpaired) electrons. The number of aliphatic hydroxyl groups is 3. The zero-order valence-electron chi connectivity index (χ0n) is 12.5. The molecule has 9 heteroatoms. The number of pyridine rings is 1. The molecule has 0 unspecified atom stereocenters. The number of imidazole rings is 1. The number of hydrogen-bond acceptors (Lipinski definition) is 8. The third-order valence-corrected chi connectivity index (χ3v) is 4.06. The number of aromatic nitrogens is 5. The quantitative estimate of drug-likeness (QED) is 0.587. The SMILES string of the molecule is OC[C@H]1O[C@@H](n2cnc3c(-c4ccccn4)ncnc32)[C@H](O)[C@@H]1O. The summed E-state index contributed by atoms with van der Waals surface area (Å²) in [5.41, 5.74) is 2.16. The summed E-state index contributed by atoms with van der Waals surface area (Å²) in [5.74, 6) is 0. The summed E-state index contributed by atoms with van der Waals surface area (Å²) in [6.45, 7) is -0.393. The standard InChI is InChI=1S/C15H15N5O4/c21-5-9-12(22)13(23)15(24-9)20-7-19-11-10(17-6-18-14(11)20)8-3-1-2-4-16-8/h1-4,6-7,9,12-13,15,21-23H,5H2/t9-,12-,13-,15-/m1/s1. The van der Waals surface area contributed by atoms with E-state index in [1.54, 1.807) is 12.3 Å². The van der Waals surface area contributed by atoms with Crippen LogP contribution in [0.4, 0.5) is 0 Å². The largest absolute Gasteiger partial charge is 0.394 e. The zero-order valence-corrected chi connectivity index (χ0v) is 12.5. The van der Waals surface area contributed by atoms with E-state index in [-0.39, 0.29) is 0 Å². The summed E-state index contributed by atoms with van der Waals surface area (Å²) < 4.78 is 7.05. The van der Waals surface area contributed by atoms with Crippen molar-refractivity contribution in [2.24, 2.45) is 0 Å². The fourth-order valence-electron chi connectivity index (χ4n) is 2.84. The van der Waals surface area contributed by atoms with Gasteiger partial charge in [0.15, 0.2) is 11.9 Å². The lowest BCUT2D eigenvalue weighted by Crippen LogP contribution is -2.33. The second-order valence-corrected chi connectivity index (χ2v) is 5.49. The molecule has 4 heterocycles. The van der Waals surface area contributed by atoms with Gasteiger partial charge < -0.3 is 20.1 Å². The van der Waals surface area contributed by atoms with Crippen molar-refractivity contribution in [1.29, 1.82) is 0 Å². The van der Waals surface area contributed by atoms with Gasteiger partial charge in [0.2, 0.25) is 0 Å². The van der Waals surface area contributed by atoms with Crippen LogP contribution in [-0.2, 0) is 4.74 Å². The molecule has 1 aliphatic heterocycles. The Labute approximate surface area is 136 Å². The normalized spacial score (nSPS) is 27.0. The van der Waals surface area contributed by atoms with Gasteiger partial charge in [-0.15, -0.1) is 0 Å². The summed E-state index contributed by atoms with van der Waals surface area (Å²) in [4.78, 5) is 17.0. The predicted octanol–water partition coefficient (Wildman–Crippen LogP) is -0.500. The van der Waals surface area contributed by atoms with Gasteiger partial charge in [0.05, 0.1) is 18.6 Å². The molecule has 0 aromatic carbocycles. The van der Waals surface area contributed by atoms with Gasteiger partial charge >= 0.3 is 0 Å². The van der Waals surface area contributed by atoms with Gasteiger partial charge in [-0.25, -0.2) is 15.0 Å². The number of nitrogens with zero attached hydrogens (tertiary/aromatic N) is 5. The Hall–Kier alpha value is -2.46. The summed E-state index contributed by atoms with van der Waals surface area (Å²) in [6, 6.07) is 5.46. The Morgan fingerprint density at radius 3 is 2.67 bits per heavy atom.